The number of nitrogens with one attached hydrogen (secondary N) is 1. The van der Waals surface area contributed by atoms with Gasteiger partial charge in [-0.05, 0) is 26.7 Å². The Kier molecular flexibility index (Phi) is 7.70. The molecule has 2 rings (SSSR count). The Morgan fingerprint density at radius 1 is 0.963 bits per heavy atom. The molecule has 27 heavy (non-hydrogen) atoms. The summed E-state index contributed by atoms with van der Waals surface area (Å²) in [6, 6.07) is 7.38. The summed E-state index contributed by atoms with van der Waals surface area (Å²) in [5.41, 5.74) is 1.72. The molecule has 0 unspecified atom stereocenters. The standard InChI is InChI=1S/C21H28N2O4/c1-15-3-6-17(7-4-15)19(25)8-9-20(26)22-18-11-13-23(14-12-18)21(27)10-5-16(2)24/h3-4,6-7,18H,5,8-14H2,1-2H3,(H,22,26). The van der Waals surface area contributed by atoms with E-state index in [9.17, 15) is 19.2 Å². The maximum atomic E-state index is 12.1. The molecular weight excluding hydrogens is 344 g/mol. The van der Waals surface area contributed by atoms with E-state index < -0.39 is 0 Å². The maximum Gasteiger partial charge on any atom is 0.223 e. The van der Waals surface area contributed by atoms with Crippen molar-refractivity contribution >= 4 is 23.4 Å². The van der Waals surface area contributed by atoms with Gasteiger partial charge in [0.25, 0.3) is 0 Å². The van der Waals surface area contributed by atoms with Crippen molar-refractivity contribution in [2.24, 2.45) is 0 Å². The van der Waals surface area contributed by atoms with Crippen LogP contribution in [0.1, 0.15) is 61.4 Å². The highest BCUT2D eigenvalue weighted by atomic mass is 16.2. The minimum atomic E-state index is -0.128. The Morgan fingerprint density at radius 3 is 2.19 bits per heavy atom. The molecule has 0 atom stereocenters. The quantitative estimate of drug-likeness (QED) is 0.711. The first-order valence-corrected chi connectivity index (χ1v) is 9.51. The van der Waals surface area contributed by atoms with E-state index in [1.807, 2.05) is 19.1 Å². The lowest BCUT2D eigenvalue weighted by Gasteiger charge is -2.32. The van der Waals surface area contributed by atoms with Crippen molar-refractivity contribution in [2.45, 2.75) is 58.4 Å². The molecular formula is C21H28N2O4. The Bertz CT molecular complexity index is 689. The van der Waals surface area contributed by atoms with Gasteiger partial charge in [-0.2, -0.15) is 0 Å². The minimum absolute atomic E-state index is 0.00123. The third-order valence-corrected chi connectivity index (χ3v) is 4.86. The van der Waals surface area contributed by atoms with Crippen molar-refractivity contribution in [2.75, 3.05) is 13.1 Å². The summed E-state index contributed by atoms with van der Waals surface area (Å²) >= 11 is 0. The lowest BCUT2D eigenvalue weighted by atomic mass is 10.0. The summed E-state index contributed by atoms with van der Waals surface area (Å²) in [7, 11) is 0. The Hall–Kier alpha value is -2.50. The topological polar surface area (TPSA) is 83.6 Å². The monoisotopic (exact) mass is 372 g/mol. The molecule has 1 fully saturated rings. The third kappa shape index (κ3) is 6.96. The average Bonchev–Trinajstić information content (AvgIpc) is 2.65. The number of benzene rings is 1. The van der Waals surface area contributed by atoms with Crippen LogP contribution in [0.15, 0.2) is 24.3 Å². The fraction of sp³-hybridized carbons (Fsp3) is 0.524. The second-order valence-electron chi connectivity index (χ2n) is 7.21. The van der Waals surface area contributed by atoms with E-state index in [0.717, 1.165) is 5.56 Å². The molecule has 0 aromatic heterocycles. The average molecular weight is 372 g/mol. The zero-order chi connectivity index (χ0) is 19.8. The van der Waals surface area contributed by atoms with Crippen LogP contribution in [-0.4, -0.2) is 47.4 Å². The van der Waals surface area contributed by atoms with E-state index in [-0.39, 0.29) is 55.1 Å². The third-order valence-electron chi connectivity index (χ3n) is 4.86. The van der Waals surface area contributed by atoms with E-state index in [2.05, 4.69) is 5.32 Å². The van der Waals surface area contributed by atoms with E-state index in [1.54, 1.807) is 17.0 Å². The number of likely N-dealkylation sites (tertiary alicyclic amines) is 1. The van der Waals surface area contributed by atoms with E-state index in [0.29, 0.717) is 31.5 Å². The number of Topliss-reactive ketones (excluding diaryl/α,β-unsaturated/α-hetero) is 2. The SMILES string of the molecule is CC(=O)CCC(=O)N1CCC(NC(=O)CCC(=O)c2ccc(C)cc2)CC1. The molecule has 0 aliphatic carbocycles. The van der Waals surface area contributed by atoms with E-state index >= 15 is 0 Å². The second-order valence-corrected chi connectivity index (χ2v) is 7.21. The zero-order valence-electron chi connectivity index (χ0n) is 16.1. The molecule has 1 heterocycles. The predicted molar refractivity (Wildman–Crippen MR) is 102 cm³/mol. The van der Waals surface area contributed by atoms with Crippen LogP contribution in [-0.2, 0) is 14.4 Å². The lowest BCUT2D eigenvalue weighted by Crippen LogP contribution is -2.46. The molecule has 0 bridgehead atoms. The summed E-state index contributed by atoms with van der Waals surface area (Å²) in [4.78, 5) is 49.0. The smallest absolute Gasteiger partial charge is 0.223 e. The van der Waals surface area contributed by atoms with Gasteiger partial charge in [0.05, 0.1) is 0 Å². The van der Waals surface area contributed by atoms with Crippen molar-refractivity contribution < 1.29 is 19.2 Å². The molecule has 0 radical (unpaired) electrons. The Morgan fingerprint density at radius 2 is 1.59 bits per heavy atom. The van der Waals surface area contributed by atoms with Gasteiger partial charge in [-0.25, -0.2) is 0 Å². The molecule has 6 nitrogen and oxygen atoms in total. The van der Waals surface area contributed by atoms with Crippen LogP contribution in [0, 0.1) is 6.92 Å². The highest BCUT2D eigenvalue weighted by molar-refractivity contribution is 5.98. The van der Waals surface area contributed by atoms with Crippen molar-refractivity contribution in [1.29, 1.82) is 0 Å². The zero-order valence-corrected chi connectivity index (χ0v) is 16.1. The molecule has 6 heteroatoms. The van der Waals surface area contributed by atoms with Crippen molar-refractivity contribution in [3.8, 4) is 0 Å². The number of amides is 2. The van der Waals surface area contributed by atoms with Gasteiger partial charge in [0, 0.05) is 50.4 Å². The molecule has 1 aromatic rings. The van der Waals surface area contributed by atoms with Gasteiger partial charge in [0.2, 0.25) is 11.8 Å². The number of carbonyl (C=O) groups excluding carboxylic acids is 4. The molecule has 1 aliphatic heterocycles. The van der Waals surface area contributed by atoms with E-state index in [4.69, 9.17) is 0 Å². The number of ketones is 2. The van der Waals surface area contributed by atoms with Crippen LogP contribution in [0.25, 0.3) is 0 Å². The first-order chi connectivity index (χ1) is 12.8. The molecule has 0 saturated carbocycles. The maximum absolute atomic E-state index is 12.1. The first kappa shape index (κ1) is 20.8. The van der Waals surface area contributed by atoms with Crippen molar-refractivity contribution in [1.82, 2.24) is 10.2 Å². The highest BCUT2D eigenvalue weighted by Gasteiger charge is 2.24. The number of hydrogen-bond acceptors (Lipinski definition) is 4. The molecule has 146 valence electrons. The summed E-state index contributed by atoms with van der Waals surface area (Å²) in [6.45, 7) is 4.62. The largest absolute Gasteiger partial charge is 0.353 e. The Labute approximate surface area is 160 Å². The number of aryl methyl sites for hydroxylation is 1. The second kappa shape index (κ2) is 10.00. The first-order valence-electron chi connectivity index (χ1n) is 9.51. The number of rotatable bonds is 8. The van der Waals surface area contributed by atoms with Gasteiger partial charge in [-0.15, -0.1) is 0 Å². The minimum Gasteiger partial charge on any atom is -0.353 e. The molecule has 1 saturated heterocycles. The van der Waals surface area contributed by atoms with Crippen LogP contribution in [0.2, 0.25) is 0 Å². The number of piperidine rings is 1. The normalized spacial score (nSPS) is 14.7. The van der Waals surface area contributed by atoms with Gasteiger partial charge in [0.1, 0.15) is 5.78 Å². The van der Waals surface area contributed by atoms with Gasteiger partial charge in [0.15, 0.2) is 5.78 Å². The molecule has 1 aliphatic rings. The van der Waals surface area contributed by atoms with Crippen LogP contribution in [0.3, 0.4) is 0 Å². The van der Waals surface area contributed by atoms with Crippen LogP contribution < -0.4 is 5.32 Å². The number of hydrogen-bond donors (Lipinski definition) is 1. The Balaban J connectivity index is 1.68. The number of carbonyl (C=O) groups is 4. The summed E-state index contributed by atoms with van der Waals surface area (Å²) < 4.78 is 0. The summed E-state index contributed by atoms with van der Waals surface area (Å²) in [6.07, 6.45) is 2.30. The van der Waals surface area contributed by atoms with Gasteiger partial charge in [-0.3, -0.25) is 14.4 Å². The predicted octanol–water partition coefficient (Wildman–Crippen LogP) is 2.43. The molecule has 0 spiro atoms. The van der Waals surface area contributed by atoms with Gasteiger partial charge < -0.3 is 15.0 Å². The molecule has 1 N–H and O–H groups in total. The highest BCUT2D eigenvalue weighted by Crippen LogP contribution is 2.13. The van der Waals surface area contributed by atoms with Gasteiger partial charge >= 0.3 is 0 Å². The van der Waals surface area contributed by atoms with E-state index in [1.165, 1.54) is 6.92 Å². The van der Waals surface area contributed by atoms with Crippen molar-refractivity contribution in [3.63, 3.8) is 0 Å². The van der Waals surface area contributed by atoms with Crippen LogP contribution >= 0.6 is 0 Å². The summed E-state index contributed by atoms with van der Waals surface area (Å²) in [5, 5.41) is 2.96. The lowest BCUT2D eigenvalue weighted by molar-refractivity contribution is -0.134. The fourth-order valence-corrected chi connectivity index (χ4v) is 3.12. The fourth-order valence-electron chi connectivity index (χ4n) is 3.12. The van der Waals surface area contributed by atoms with Crippen molar-refractivity contribution in [3.05, 3.63) is 35.4 Å². The number of nitrogens with zero attached hydrogens (tertiary/aromatic N) is 1. The van der Waals surface area contributed by atoms with Gasteiger partial charge in [-0.1, -0.05) is 29.8 Å². The summed E-state index contributed by atoms with van der Waals surface area (Å²) in [5.74, 6) is -0.141. The van der Waals surface area contributed by atoms with Crippen LogP contribution in [0.4, 0.5) is 0 Å². The van der Waals surface area contributed by atoms with Crippen LogP contribution in [0.5, 0.6) is 0 Å². The molecule has 2 amide bonds. The molecule has 1 aromatic carbocycles.